The van der Waals surface area contributed by atoms with E-state index in [1.54, 1.807) is 0 Å². The summed E-state index contributed by atoms with van der Waals surface area (Å²) in [5.74, 6) is 0.901. The van der Waals surface area contributed by atoms with E-state index in [4.69, 9.17) is 11.5 Å². The summed E-state index contributed by atoms with van der Waals surface area (Å²) in [4.78, 5) is 17.8. The van der Waals surface area contributed by atoms with Crippen LogP contribution in [-0.4, -0.2) is 16.5 Å². The number of hydrogen-bond donors (Lipinski definition) is 3. The van der Waals surface area contributed by atoms with Gasteiger partial charge in [-0.2, -0.15) is 0 Å². The number of anilines is 1. The number of aromatic nitrogens is 2. The lowest BCUT2D eigenvalue weighted by Gasteiger charge is -2.10. The first-order valence-electron chi connectivity index (χ1n) is 4.24. The molecule has 0 bridgehead atoms. The molecule has 0 aromatic carbocycles. The number of nitrogens with zero attached hydrogens (tertiary/aromatic N) is 1. The Hall–Kier alpha value is -1.36. The Morgan fingerprint density at radius 3 is 2.77 bits per heavy atom. The lowest BCUT2D eigenvalue weighted by molar-refractivity contribution is 0.646. The van der Waals surface area contributed by atoms with Gasteiger partial charge in [-0.25, -0.2) is 4.98 Å². The molecule has 0 radical (unpaired) electrons. The first-order chi connectivity index (χ1) is 6.16. The van der Waals surface area contributed by atoms with Crippen LogP contribution in [0, 0.1) is 0 Å². The normalized spacial score (nSPS) is 18.5. The number of aromatic amines is 1. The largest absolute Gasteiger partial charge is 0.383 e. The maximum atomic E-state index is 11.1. The molecular weight excluding hydrogens is 168 g/mol. The van der Waals surface area contributed by atoms with Gasteiger partial charge in [-0.1, -0.05) is 0 Å². The second kappa shape index (κ2) is 2.56. The number of nitrogens with two attached hydrogens (primary N) is 2. The van der Waals surface area contributed by atoms with E-state index in [9.17, 15) is 4.79 Å². The van der Waals surface area contributed by atoms with Crippen molar-refractivity contribution in [2.24, 2.45) is 5.73 Å². The van der Waals surface area contributed by atoms with Gasteiger partial charge in [0.1, 0.15) is 11.6 Å². The molecule has 0 saturated heterocycles. The Balaban J connectivity index is 2.46. The van der Waals surface area contributed by atoms with E-state index in [2.05, 4.69) is 9.97 Å². The highest BCUT2D eigenvalue weighted by Crippen LogP contribution is 2.45. The van der Waals surface area contributed by atoms with Gasteiger partial charge >= 0.3 is 0 Å². The van der Waals surface area contributed by atoms with Crippen LogP contribution in [-0.2, 0) is 5.41 Å². The van der Waals surface area contributed by atoms with Crippen molar-refractivity contribution in [3.63, 3.8) is 0 Å². The molecule has 13 heavy (non-hydrogen) atoms. The Morgan fingerprint density at radius 1 is 1.62 bits per heavy atom. The number of nitrogens with one attached hydrogen (secondary N) is 1. The molecule has 5 heteroatoms. The maximum Gasteiger partial charge on any atom is 0.252 e. The smallest absolute Gasteiger partial charge is 0.252 e. The predicted octanol–water partition coefficient (Wildman–Crippen LogP) is -0.658. The fourth-order valence-corrected chi connectivity index (χ4v) is 1.42. The number of nitrogen functional groups attached to an aromatic ring is 1. The molecule has 1 aromatic heterocycles. The van der Waals surface area contributed by atoms with E-state index in [-0.39, 0.29) is 16.8 Å². The highest BCUT2D eigenvalue weighted by atomic mass is 16.1. The summed E-state index contributed by atoms with van der Waals surface area (Å²) in [6.45, 7) is 0.513. The molecule has 0 atom stereocenters. The second-order valence-electron chi connectivity index (χ2n) is 3.50. The van der Waals surface area contributed by atoms with Gasteiger partial charge < -0.3 is 16.5 Å². The van der Waals surface area contributed by atoms with Crippen LogP contribution in [0.1, 0.15) is 18.7 Å². The number of hydrogen-bond acceptors (Lipinski definition) is 4. The number of rotatable bonds is 2. The standard InChI is InChI=1S/C8H12N4O/c9-4-8(1-2-8)7-11-5(10)3-6(13)12-7/h3H,1-2,4,9H2,(H3,10,11,12,13). The summed E-state index contributed by atoms with van der Waals surface area (Å²) in [5, 5.41) is 0. The molecule has 1 fully saturated rings. The fraction of sp³-hybridized carbons (Fsp3) is 0.500. The van der Waals surface area contributed by atoms with Crippen molar-refractivity contribution in [2.75, 3.05) is 12.3 Å². The Morgan fingerprint density at radius 2 is 2.31 bits per heavy atom. The van der Waals surface area contributed by atoms with Gasteiger partial charge in [-0.3, -0.25) is 4.79 Å². The SMILES string of the molecule is NCC1(c2nc(N)cc(=O)[nH]2)CC1. The van der Waals surface area contributed by atoms with Crippen LogP contribution < -0.4 is 17.0 Å². The molecule has 0 unspecified atom stereocenters. The number of H-pyrrole nitrogens is 1. The average molecular weight is 180 g/mol. The van der Waals surface area contributed by atoms with Crippen LogP contribution in [0.15, 0.2) is 10.9 Å². The topological polar surface area (TPSA) is 97.8 Å². The van der Waals surface area contributed by atoms with Crippen LogP contribution in [0.2, 0.25) is 0 Å². The summed E-state index contributed by atoms with van der Waals surface area (Å²) in [7, 11) is 0. The highest BCUT2D eigenvalue weighted by Gasteiger charge is 2.45. The van der Waals surface area contributed by atoms with Crippen molar-refractivity contribution < 1.29 is 0 Å². The zero-order valence-electron chi connectivity index (χ0n) is 7.21. The monoisotopic (exact) mass is 180 g/mol. The van der Waals surface area contributed by atoms with E-state index in [1.807, 2.05) is 0 Å². The minimum absolute atomic E-state index is 0.103. The van der Waals surface area contributed by atoms with E-state index in [0.717, 1.165) is 12.8 Å². The van der Waals surface area contributed by atoms with Gasteiger partial charge in [-0.15, -0.1) is 0 Å². The van der Waals surface area contributed by atoms with Crippen molar-refractivity contribution in [3.8, 4) is 0 Å². The van der Waals surface area contributed by atoms with Crippen LogP contribution >= 0.6 is 0 Å². The van der Waals surface area contributed by atoms with Gasteiger partial charge in [0, 0.05) is 18.0 Å². The molecule has 0 amide bonds. The molecule has 1 aliphatic carbocycles. The molecule has 1 saturated carbocycles. The molecule has 5 nitrogen and oxygen atoms in total. The first kappa shape index (κ1) is 8.25. The van der Waals surface area contributed by atoms with Crippen molar-refractivity contribution in [2.45, 2.75) is 18.3 Å². The molecule has 1 aliphatic rings. The molecule has 5 N–H and O–H groups in total. The van der Waals surface area contributed by atoms with E-state index >= 15 is 0 Å². The van der Waals surface area contributed by atoms with E-state index in [0.29, 0.717) is 12.4 Å². The third-order valence-electron chi connectivity index (χ3n) is 2.51. The highest BCUT2D eigenvalue weighted by molar-refractivity contribution is 5.29. The van der Waals surface area contributed by atoms with Crippen molar-refractivity contribution in [3.05, 3.63) is 22.2 Å². The van der Waals surface area contributed by atoms with E-state index < -0.39 is 0 Å². The Bertz CT molecular complexity index is 380. The summed E-state index contributed by atoms with van der Waals surface area (Å²) in [6, 6.07) is 1.27. The van der Waals surface area contributed by atoms with Gasteiger partial charge in [0.2, 0.25) is 0 Å². The molecule has 1 aromatic rings. The molecule has 70 valence electrons. The molecule has 0 aliphatic heterocycles. The van der Waals surface area contributed by atoms with Crippen LogP contribution in [0.5, 0.6) is 0 Å². The minimum atomic E-state index is -0.206. The van der Waals surface area contributed by atoms with Crippen LogP contribution in [0.4, 0.5) is 5.82 Å². The molecule has 2 rings (SSSR count). The molecule has 0 spiro atoms. The van der Waals surface area contributed by atoms with Gasteiger partial charge in [0.25, 0.3) is 5.56 Å². The zero-order chi connectivity index (χ0) is 9.47. The van der Waals surface area contributed by atoms with Crippen molar-refractivity contribution in [1.82, 2.24) is 9.97 Å². The van der Waals surface area contributed by atoms with Crippen molar-refractivity contribution >= 4 is 5.82 Å². The summed E-state index contributed by atoms with van der Waals surface area (Å²) in [6.07, 6.45) is 1.96. The second-order valence-corrected chi connectivity index (χ2v) is 3.50. The summed E-state index contributed by atoms with van der Waals surface area (Å²) >= 11 is 0. The van der Waals surface area contributed by atoms with Gasteiger partial charge in [0.05, 0.1) is 0 Å². The average Bonchev–Trinajstić information content (AvgIpc) is 2.82. The summed E-state index contributed by atoms with van der Waals surface area (Å²) < 4.78 is 0. The lowest BCUT2D eigenvalue weighted by Crippen LogP contribution is -2.26. The maximum absolute atomic E-state index is 11.1. The predicted molar refractivity (Wildman–Crippen MR) is 49.2 cm³/mol. The summed E-state index contributed by atoms with van der Waals surface area (Å²) in [5.41, 5.74) is 10.8. The van der Waals surface area contributed by atoms with Gasteiger partial charge in [-0.05, 0) is 12.8 Å². The van der Waals surface area contributed by atoms with Gasteiger partial charge in [0.15, 0.2) is 0 Å². The van der Waals surface area contributed by atoms with Crippen LogP contribution in [0.3, 0.4) is 0 Å². The quantitative estimate of drug-likeness (QED) is 0.563. The Kier molecular flexibility index (Phi) is 1.63. The third-order valence-corrected chi connectivity index (χ3v) is 2.51. The zero-order valence-corrected chi connectivity index (χ0v) is 7.21. The van der Waals surface area contributed by atoms with Crippen molar-refractivity contribution in [1.29, 1.82) is 0 Å². The van der Waals surface area contributed by atoms with Crippen LogP contribution in [0.25, 0.3) is 0 Å². The molecule has 1 heterocycles. The fourth-order valence-electron chi connectivity index (χ4n) is 1.42. The minimum Gasteiger partial charge on any atom is -0.383 e. The van der Waals surface area contributed by atoms with E-state index in [1.165, 1.54) is 6.07 Å². The Labute approximate surface area is 75.2 Å². The molecular formula is C8H12N4O. The lowest BCUT2D eigenvalue weighted by atomic mass is 10.1. The third kappa shape index (κ3) is 1.31. The first-order valence-corrected chi connectivity index (χ1v) is 4.24.